The Balaban J connectivity index is 2.38. The van der Waals surface area contributed by atoms with Crippen LogP contribution >= 0.6 is 15.9 Å². The van der Waals surface area contributed by atoms with Crippen LogP contribution < -0.4 is 19.5 Å². The highest BCUT2D eigenvalue weighted by molar-refractivity contribution is 9.10. The number of aryl methyl sites for hydroxylation is 1. The summed E-state index contributed by atoms with van der Waals surface area (Å²) in [5, 5.41) is 2.91. The third-order valence-electron chi connectivity index (χ3n) is 3.54. The molecule has 0 heterocycles. The lowest BCUT2D eigenvalue weighted by atomic mass is 10.1. The molecule has 0 fully saturated rings. The first kappa shape index (κ1) is 20.1. The smallest absolute Gasteiger partial charge is 0.255 e. The van der Waals surface area contributed by atoms with E-state index in [9.17, 15) is 4.79 Å². The summed E-state index contributed by atoms with van der Waals surface area (Å²) < 4.78 is 17.8. The largest absolute Gasteiger partial charge is 0.490 e. The van der Waals surface area contributed by atoms with Gasteiger partial charge in [-0.3, -0.25) is 4.79 Å². The fourth-order valence-electron chi connectivity index (χ4n) is 2.44. The van der Waals surface area contributed by atoms with Gasteiger partial charge in [-0.2, -0.15) is 0 Å². The molecule has 0 aliphatic heterocycles. The number of hydrogen-bond donors (Lipinski definition) is 1. The second kappa shape index (κ2) is 9.48. The summed E-state index contributed by atoms with van der Waals surface area (Å²) in [5.41, 5.74) is 2.24. The molecule has 2 aromatic rings. The first-order valence-corrected chi connectivity index (χ1v) is 9.43. The normalized spacial score (nSPS) is 10.3. The molecule has 0 radical (unpaired) electrons. The quantitative estimate of drug-likeness (QED) is 0.635. The van der Waals surface area contributed by atoms with Crippen LogP contribution in [0.3, 0.4) is 0 Å². The van der Waals surface area contributed by atoms with Crippen molar-refractivity contribution in [3.63, 3.8) is 0 Å². The van der Waals surface area contributed by atoms with Crippen LogP contribution in [0, 0.1) is 6.92 Å². The van der Waals surface area contributed by atoms with Crippen molar-refractivity contribution in [3.05, 3.63) is 45.9 Å². The van der Waals surface area contributed by atoms with Crippen LogP contribution in [0.5, 0.6) is 17.2 Å². The summed E-state index contributed by atoms with van der Waals surface area (Å²) >= 11 is 3.47. The standard InChI is InChI=1S/C20H24BrNO4/c1-5-24-17-11-14(12-18(25-6-2)19(17)26-7-3)20(23)22-16-9-8-13(4)10-15(16)21/h8-12H,5-7H2,1-4H3,(H,22,23). The van der Waals surface area contributed by atoms with Gasteiger partial charge in [0, 0.05) is 10.0 Å². The van der Waals surface area contributed by atoms with E-state index in [2.05, 4.69) is 21.2 Å². The van der Waals surface area contributed by atoms with Crippen molar-refractivity contribution in [2.24, 2.45) is 0 Å². The predicted octanol–water partition coefficient (Wildman–Crippen LogP) is 5.21. The van der Waals surface area contributed by atoms with Crippen molar-refractivity contribution in [1.82, 2.24) is 0 Å². The van der Waals surface area contributed by atoms with E-state index in [1.54, 1.807) is 12.1 Å². The maximum atomic E-state index is 12.7. The number of anilines is 1. The molecule has 1 N–H and O–H groups in total. The Morgan fingerprint density at radius 1 is 0.962 bits per heavy atom. The van der Waals surface area contributed by atoms with E-state index in [0.717, 1.165) is 10.0 Å². The third kappa shape index (κ3) is 4.91. The number of benzene rings is 2. The number of rotatable bonds is 8. The number of hydrogen-bond acceptors (Lipinski definition) is 4. The lowest BCUT2D eigenvalue weighted by molar-refractivity contribution is 0.102. The molecule has 0 saturated carbocycles. The SMILES string of the molecule is CCOc1cc(C(=O)Nc2ccc(C)cc2Br)cc(OCC)c1OCC. The highest BCUT2D eigenvalue weighted by Crippen LogP contribution is 2.39. The average Bonchev–Trinajstić information content (AvgIpc) is 2.60. The van der Waals surface area contributed by atoms with E-state index in [1.807, 2.05) is 45.9 Å². The fourth-order valence-corrected chi connectivity index (χ4v) is 3.03. The van der Waals surface area contributed by atoms with Gasteiger partial charge in [0.15, 0.2) is 11.5 Å². The van der Waals surface area contributed by atoms with Gasteiger partial charge in [-0.1, -0.05) is 6.07 Å². The van der Waals surface area contributed by atoms with Gasteiger partial charge < -0.3 is 19.5 Å². The van der Waals surface area contributed by atoms with Crippen molar-refractivity contribution in [2.45, 2.75) is 27.7 Å². The lowest BCUT2D eigenvalue weighted by Gasteiger charge is -2.17. The molecule has 0 aliphatic carbocycles. The van der Waals surface area contributed by atoms with Crippen LogP contribution in [0.25, 0.3) is 0 Å². The molecule has 2 aromatic carbocycles. The average molecular weight is 422 g/mol. The van der Waals surface area contributed by atoms with Gasteiger partial charge >= 0.3 is 0 Å². The van der Waals surface area contributed by atoms with Crippen molar-refractivity contribution >= 4 is 27.5 Å². The first-order valence-electron chi connectivity index (χ1n) is 8.64. The van der Waals surface area contributed by atoms with Gasteiger partial charge in [0.2, 0.25) is 5.75 Å². The number of ether oxygens (including phenoxy) is 3. The van der Waals surface area contributed by atoms with Crippen LogP contribution in [0.2, 0.25) is 0 Å². The molecule has 26 heavy (non-hydrogen) atoms. The number of nitrogens with one attached hydrogen (secondary N) is 1. The van der Waals surface area contributed by atoms with Crippen LogP contribution in [0.4, 0.5) is 5.69 Å². The van der Waals surface area contributed by atoms with Gasteiger partial charge in [-0.25, -0.2) is 0 Å². The summed E-state index contributed by atoms with van der Waals surface area (Å²) in [4.78, 5) is 12.7. The monoisotopic (exact) mass is 421 g/mol. The van der Waals surface area contributed by atoms with E-state index in [1.165, 1.54) is 0 Å². The lowest BCUT2D eigenvalue weighted by Crippen LogP contribution is -2.13. The zero-order valence-corrected chi connectivity index (χ0v) is 17.1. The zero-order valence-electron chi connectivity index (χ0n) is 15.5. The molecule has 5 nitrogen and oxygen atoms in total. The van der Waals surface area contributed by atoms with E-state index in [-0.39, 0.29) is 5.91 Å². The van der Waals surface area contributed by atoms with Gasteiger partial charge in [-0.15, -0.1) is 0 Å². The summed E-state index contributed by atoms with van der Waals surface area (Å²) in [7, 11) is 0. The van der Waals surface area contributed by atoms with Crippen molar-refractivity contribution in [1.29, 1.82) is 0 Å². The molecule has 2 rings (SSSR count). The zero-order chi connectivity index (χ0) is 19.1. The van der Waals surface area contributed by atoms with E-state index in [0.29, 0.717) is 48.3 Å². The van der Waals surface area contributed by atoms with Crippen molar-refractivity contribution < 1.29 is 19.0 Å². The molecule has 1 amide bonds. The summed E-state index contributed by atoms with van der Waals surface area (Å²) in [6.45, 7) is 9.04. The molecular formula is C20H24BrNO4. The minimum atomic E-state index is -0.250. The van der Waals surface area contributed by atoms with Crippen LogP contribution in [-0.4, -0.2) is 25.7 Å². The van der Waals surface area contributed by atoms with E-state index < -0.39 is 0 Å². The Bertz CT molecular complexity index is 749. The molecular weight excluding hydrogens is 398 g/mol. The summed E-state index contributed by atoms with van der Waals surface area (Å²) in [6, 6.07) is 9.10. The maximum Gasteiger partial charge on any atom is 0.255 e. The minimum absolute atomic E-state index is 0.250. The molecule has 0 aromatic heterocycles. The van der Waals surface area contributed by atoms with E-state index >= 15 is 0 Å². The van der Waals surface area contributed by atoms with Gasteiger partial charge in [0.05, 0.1) is 25.5 Å². The van der Waals surface area contributed by atoms with Crippen LogP contribution in [0.1, 0.15) is 36.7 Å². The number of amides is 1. The molecule has 6 heteroatoms. The highest BCUT2D eigenvalue weighted by atomic mass is 79.9. The van der Waals surface area contributed by atoms with Gasteiger partial charge in [0.1, 0.15) is 0 Å². The third-order valence-corrected chi connectivity index (χ3v) is 4.20. The maximum absolute atomic E-state index is 12.7. The number of halogens is 1. The Hall–Kier alpha value is -2.21. The molecule has 0 spiro atoms. The second-order valence-corrected chi connectivity index (χ2v) is 6.39. The van der Waals surface area contributed by atoms with Gasteiger partial charge in [-0.05, 0) is 73.5 Å². The molecule has 0 atom stereocenters. The molecule has 0 bridgehead atoms. The molecule has 140 valence electrons. The van der Waals surface area contributed by atoms with Crippen molar-refractivity contribution in [3.8, 4) is 17.2 Å². The molecule has 0 aliphatic rings. The summed E-state index contributed by atoms with van der Waals surface area (Å²) in [6.07, 6.45) is 0. The van der Waals surface area contributed by atoms with Crippen molar-refractivity contribution in [2.75, 3.05) is 25.1 Å². The second-order valence-electron chi connectivity index (χ2n) is 5.54. The van der Waals surface area contributed by atoms with Crippen LogP contribution in [0.15, 0.2) is 34.8 Å². The molecule has 0 saturated heterocycles. The van der Waals surface area contributed by atoms with E-state index in [4.69, 9.17) is 14.2 Å². The summed E-state index contributed by atoms with van der Waals surface area (Å²) in [5.74, 6) is 1.26. The highest BCUT2D eigenvalue weighted by Gasteiger charge is 2.19. The minimum Gasteiger partial charge on any atom is -0.490 e. The first-order chi connectivity index (χ1) is 12.5. The Kier molecular flexibility index (Phi) is 7.33. The Labute approximate surface area is 162 Å². The molecule has 0 unspecified atom stereocenters. The number of carbonyl (C=O) groups excluding carboxylic acids is 1. The van der Waals surface area contributed by atoms with Crippen LogP contribution in [-0.2, 0) is 0 Å². The topological polar surface area (TPSA) is 56.8 Å². The predicted molar refractivity (Wildman–Crippen MR) is 107 cm³/mol. The fraction of sp³-hybridized carbons (Fsp3) is 0.350. The Morgan fingerprint density at radius 3 is 2.04 bits per heavy atom. The number of carbonyl (C=O) groups is 1. The Morgan fingerprint density at radius 2 is 1.54 bits per heavy atom. The van der Waals surface area contributed by atoms with Gasteiger partial charge in [0.25, 0.3) is 5.91 Å².